The zero-order valence-corrected chi connectivity index (χ0v) is 22.2. The number of furan rings is 1. The Morgan fingerprint density at radius 1 is 0.439 bits per heavy atom. The molecule has 0 N–H and O–H groups in total. The molecule has 6 aromatic carbocycles. The van der Waals surface area contributed by atoms with Crippen molar-refractivity contribution in [2.45, 2.75) is 0 Å². The van der Waals surface area contributed by atoms with E-state index in [1.54, 1.807) is 0 Å². The van der Waals surface area contributed by atoms with Crippen molar-refractivity contribution in [2.24, 2.45) is 0 Å². The molecule has 0 radical (unpaired) electrons. The Kier molecular flexibility index (Phi) is 4.61. The van der Waals surface area contributed by atoms with Crippen molar-refractivity contribution >= 4 is 54.8 Å². The van der Waals surface area contributed by atoms with E-state index in [1.807, 2.05) is 0 Å². The quantitative estimate of drug-likeness (QED) is 0.225. The minimum Gasteiger partial charge on any atom is -0.454 e. The van der Waals surface area contributed by atoms with Gasteiger partial charge < -0.3 is 13.6 Å². The first-order valence-electron chi connectivity index (χ1n) is 14.0. The highest BCUT2D eigenvalue weighted by atomic mass is 16.3. The van der Waals surface area contributed by atoms with Gasteiger partial charge in [-0.25, -0.2) is 0 Å². The van der Waals surface area contributed by atoms with Crippen LogP contribution in [-0.4, -0.2) is 9.13 Å². The van der Waals surface area contributed by atoms with Gasteiger partial charge in [0.15, 0.2) is 5.58 Å². The Hall–Kier alpha value is -5.54. The highest BCUT2D eigenvalue weighted by Gasteiger charge is 2.22. The van der Waals surface area contributed by atoms with Crippen LogP contribution in [-0.2, 0) is 0 Å². The Balaban J connectivity index is 1.40. The van der Waals surface area contributed by atoms with E-state index in [9.17, 15) is 0 Å². The molecule has 3 aromatic heterocycles. The van der Waals surface area contributed by atoms with Crippen LogP contribution in [0.2, 0.25) is 0 Å². The van der Waals surface area contributed by atoms with Crippen molar-refractivity contribution in [3.05, 3.63) is 146 Å². The van der Waals surface area contributed by atoms with Crippen molar-refractivity contribution in [2.75, 3.05) is 0 Å². The van der Waals surface area contributed by atoms with Crippen LogP contribution in [0.25, 0.3) is 77.3 Å². The van der Waals surface area contributed by atoms with Crippen LogP contribution in [0, 0.1) is 0 Å². The second-order valence-electron chi connectivity index (χ2n) is 10.6. The number of hydrogen-bond acceptors (Lipinski definition) is 1. The van der Waals surface area contributed by atoms with Gasteiger partial charge in [0, 0.05) is 27.5 Å². The maximum absolute atomic E-state index is 6.63. The van der Waals surface area contributed by atoms with Gasteiger partial charge in [-0.05, 0) is 65.7 Å². The first-order valence-corrected chi connectivity index (χ1v) is 14.0. The van der Waals surface area contributed by atoms with Gasteiger partial charge in [-0.3, -0.25) is 0 Å². The van der Waals surface area contributed by atoms with Crippen LogP contribution in [0.15, 0.2) is 150 Å². The normalized spacial score (nSPS) is 11.9. The lowest BCUT2D eigenvalue weighted by Gasteiger charge is -2.11. The first kappa shape index (κ1) is 22.3. The Morgan fingerprint density at radius 2 is 1.05 bits per heavy atom. The molecule has 0 aliphatic heterocycles. The van der Waals surface area contributed by atoms with E-state index in [0.717, 1.165) is 55.5 Å². The molecule has 192 valence electrons. The zero-order valence-electron chi connectivity index (χ0n) is 22.2. The number of aromatic nitrogens is 2. The number of para-hydroxylation sites is 4. The third-order valence-corrected chi connectivity index (χ3v) is 8.32. The molecule has 0 fully saturated rings. The summed E-state index contributed by atoms with van der Waals surface area (Å²) in [4.78, 5) is 0. The largest absolute Gasteiger partial charge is 0.454 e. The van der Waals surface area contributed by atoms with E-state index in [2.05, 4.69) is 155 Å². The number of rotatable bonds is 3. The summed E-state index contributed by atoms with van der Waals surface area (Å²) in [6.07, 6.45) is 0. The average molecular weight is 525 g/mol. The number of hydrogen-bond donors (Lipinski definition) is 0. The molecule has 41 heavy (non-hydrogen) atoms. The maximum atomic E-state index is 6.63. The summed E-state index contributed by atoms with van der Waals surface area (Å²) in [5.41, 5.74) is 11.1. The van der Waals surface area contributed by atoms with Gasteiger partial charge in [-0.15, -0.1) is 0 Å². The molecule has 0 bridgehead atoms. The lowest BCUT2D eigenvalue weighted by Crippen LogP contribution is -1.94. The van der Waals surface area contributed by atoms with Crippen molar-refractivity contribution in [3.63, 3.8) is 0 Å². The molecule has 0 aliphatic carbocycles. The van der Waals surface area contributed by atoms with Gasteiger partial charge in [0.05, 0.1) is 21.9 Å². The van der Waals surface area contributed by atoms with E-state index >= 15 is 0 Å². The topological polar surface area (TPSA) is 23.0 Å². The number of nitrogens with zero attached hydrogens (tertiary/aromatic N) is 2. The summed E-state index contributed by atoms with van der Waals surface area (Å²) < 4.78 is 11.4. The van der Waals surface area contributed by atoms with E-state index in [4.69, 9.17) is 4.42 Å². The predicted octanol–water partition coefficient (Wildman–Crippen LogP) is 10.3. The molecule has 0 saturated carbocycles. The lowest BCUT2D eigenvalue weighted by atomic mass is 9.99. The number of fused-ring (bicyclic) bond motifs is 8. The Labute approximate surface area is 236 Å². The van der Waals surface area contributed by atoms with Gasteiger partial charge in [-0.1, -0.05) is 91.0 Å². The Bertz CT molecular complexity index is 2410. The summed E-state index contributed by atoms with van der Waals surface area (Å²) in [5, 5.41) is 4.75. The highest BCUT2D eigenvalue weighted by molar-refractivity contribution is 6.20. The molecule has 9 aromatic rings. The molecule has 3 heterocycles. The van der Waals surface area contributed by atoms with Gasteiger partial charge in [0.2, 0.25) is 0 Å². The molecule has 0 spiro atoms. The molecular weight excluding hydrogens is 500 g/mol. The predicted molar refractivity (Wildman–Crippen MR) is 170 cm³/mol. The minimum absolute atomic E-state index is 0.895. The monoisotopic (exact) mass is 524 g/mol. The SMILES string of the molecule is c1ccc(-n2c3ccccc3c3ccc(-c4cccc5oc6c7ccccc7n(-c7ccccc7)c6c45)cc32)cc1. The van der Waals surface area contributed by atoms with Crippen molar-refractivity contribution in [1.29, 1.82) is 0 Å². The lowest BCUT2D eigenvalue weighted by molar-refractivity contribution is 0.673. The van der Waals surface area contributed by atoms with Crippen LogP contribution in [0.3, 0.4) is 0 Å². The molecule has 9 rings (SSSR count). The van der Waals surface area contributed by atoms with Gasteiger partial charge >= 0.3 is 0 Å². The average Bonchev–Trinajstić information content (AvgIpc) is 3.68. The van der Waals surface area contributed by atoms with Gasteiger partial charge in [0.25, 0.3) is 0 Å². The zero-order chi connectivity index (χ0) is 26.9. The summed E-state index contributed by atoms with van der Waals surface area (Å²) in [5.74, 6) is 0. The van der Waals surface area contributed by atoms with E-state index < -0.39 is 0 Å². The smallest absolute Gasteiger partial charge is 0.161 e. The molecular formula is C38H24N2O. The van der Waals surface area contributed by atoms with E-state index in [0.29, 0.717) is 0 Å². The van der Waals surface area contributed by atoms with Crippen molar-refractivity contribution in [3.8, 4) is 22.5 Å². The van der Waals surface area contributed by atoms with Gasteiger partial charge in [-0.2, -0.15) is 0 Å². The molecule has 0 atom stereocenters. The molecule has 0 amide bonds. The first-order chi connectivity index (χ1) is 20.4. The summed E-state index contributed by atoms with van der Waals surface area (Å²) >= 11 is 0. The molecule has 0 aliphatic rings. The molecule has 0 unspecified atom stereocenters. The van der Waals surface area contributed by atoms with Gasteiger partial charge in [0.1, 0.15) is 11.1 Å². The van der Waals surface area contributed by atoms with E-state index in [1.165, 1.54) is 21.8 Å². The Morgan fingerprint density at radius 3 is 1.80 bits per heavy atom. The van der Waals surface area contributed by atoms with Crippen molar-refractivity contribution in [1.82, 2.24) is 9.13 Å². The fourth-order valence-electron chi connectivity index (χ4n) is 6.59. The van der Waals surface area contributed by atoms with Crippen LogP contribution in [0.4, 0.5) is 0 Å². The summed E-state index contributed by atoms with van der Waals surface area (Å²) in [6, 6.07) is 51.7. The fraction of sp³-hybridized carbons (Fsp3) is 0. The third kappa shape index (κ3) is 3.14. The standard InChI is InChI=1S/C38H24N2O/c1-3-12-26(13-4-1)39-32-19-9-7-16-29(32)30-23-22-25(24-34(30)39)28-18-11-21-35-36(28)37-38(41-35)31-17-8-10-20-33(31)40(37)27-14-5-2-6-15-27/h1-24H. The second-order valence-corrected chi connectivity index (χ2v) is 10.6. The number of benzene rings is 6. The minimum atomic E-state index is 0.895. The van der Waals surface area contributed by atoms with E-state index in [-0.39, 0.29) is 0 Å². The molecule has 3 heteroatoms. The van der Waals surface area contributed by atoms with Crippen molar-refractivity contribution < 1.29 is 4.42 Å². The maximum Gasteiger partial charge on any atom is 0.161 e. The highest BCUT2D eigenvalue weighted by Crippen LogP contribution is 2.43. The summed E-state index contributed by atoms with van der Waals surface area (Å²) in [6.45, 7) is 0. The van der Waals surface area contributed by atoms with Crippen LogP contribution in [0.5, 0.6) is 0 Å². The van der Waals surface area contributed by atoms with Crippen LogP contribution >= 0.6 is 0 Å². The second kappa shape index (κ2) is 8.48. The molecule has 0 saturated heterocycles. The molecule has 3 nitrogen and oxygen atoms in total. The third-order valence-electron chi connectivity index (χ3n) is 8.32. The van der Waals surface area contributed by atoms with Crippen LogP contribution in [0.1, 0.15) is 0 Å². The summed E-state index contributed by atoms with van der Waals surface area (Å²) in [7, 11) is 0. The fourth-order valence-corrected chi connectivity index (χ4v) is 6.59. The van der Waals surface area contributed by atoms with Crippen LogP contribution < -0.4 is 0 Å².